The lowest BCUT2D eigenvalue weighted by Gasteiger charge is -2.36. The highest BCUT2D eigenvalue weighted by Gasteiger charge is 2.39. The number of ether oxygens (including phenoxy) is 1. The number of amides is 1. The third kappa shape index (κ3) is 4.86. The lowest BCUT2D eigenvalue weighted by Crippen LogP contribution is -2.49. The molecule has 2 aromatic rings. The number of hydrogen-bond acceptors (Lipinski definition) is 8. The fourth-order valence-electron chi connectivity index (χ4n) is 5.53. The molecule has 3 atom stereocenters. The molecule has 1 N–H and O–H groups in total. The van der Waals surface area contributed by atoms with Crippen LogP contribution in [0.4, 0.5) is 11.5 Å². The number of aromatic nitrogens is 3. The van der Waals surface area contributed by atoms with Gasteiger partial charge in [-0.05, 0) is 44.7 Å². The number of carbonyl (C=O) groups is 1. The average molecular weight is 478 g/mol. The van der Waals surface area contributed by atoms with Crippen molar-refractivity contribution in [1.82, 2.24) is 20.1 Å². The van der Waals surface area contributed by atoms with Crippen LogP contribution >= 0.6 is 0 Å². The van der Waals surface area contributed by atoms with E-state index in [2.05, 4.69) is 31.1 Å². The van der Waals surface area contributed by atoms with Crippen molar-refractivity contribution in [3.63, 3.8) is 0 Å². The molecular formula is C25H31N7O3. The summed E-state index contributed by atoms with van der Waals surface area (Å²) in [7, 11) is 0. The second kappa shape index (κ2) is 10.0. The third-order valence-corrected chi connectivity index (χ3v) is 7.49. The Morgan fingerprint density at radius 2 is 2.00 bits per heavy atom. The number of piperazine rings is 1. The van der Waals surface area contributed by atoms with E-state index < -0.39 is 0 Å². The standard InChI is InChI=1S/C25H31N7O3/c1-17-21(16-28-29-25(17)34)32-8-2-3-20(32)22-6-5-19(35-22)13-24(33)31-11-9-30(10-12-31)23-7-4-18(14-26)15-27-23/h4,7,15-16,19-20,22H,2-3,5-6,8-13H2,1H3,(H,29,34)/t19-,20+,22-/m1/s1. The highest BCUT2D eigenvalue weighted by Crippen LogP contribution is 2.35. The Labute approximate surface area is 204 Å². The Morgan fingerprint density at radius 1 is 1.17 bits per heavy atom. The average Bonchev–Trinajstić information content (AvgIpc) is 3.55. The number of H-pyrrole nitrogens is 1. The molecule has 0 aliphatic carbocycles. The maximum atomic E-state index is 13.0. The van der Waals surface area contributed by atoms with Crippen molar-refractivity contribution < 1.29 is 9.53 Å². The van der Waals surface area contributed by atoms with E-state index in [4.69, 9.17) is 10.00 Å². The van der Waals surface area contributed by atoms with Gasteiger partial charge < -0.3 is 19.4 Å². The van der Waals surface area contributed by atoms with E-state index in [1.54, 1.807) is 18.5 Å². The molecule has 0 aromatic carbocycles. The molecule has 0 radical (unpaired) electrons. The van der Waals surface area contributed by atoms with E-state index in [0.29, 0.717) is 30.6 Å². The Kier molecular flexibility index (Phi) is 6.68. The van der Waals surface area contributed by atoms with Gasteiger partial charge in [0.25, 0.3) is 5.56 Å². The molecular weight excluding hydrogens is 446 g/mol. The number of nitriles is 1. The van der Waals surface area contributed by atoms with Crippen LogP contribution in [-0.4, -0.2) is 77.0 Å². The first kappa shape index (κ1) is 23.3. The summed E-state index contributed by atoms with van der Waals surface area (Å²) in [5.74, 6) is 0.978. The first-order valence-corrected chi connectivity index (χ1v) is 12.4. The van der Waals surface area contributed by atoms with E-state index in [-0.39, 0.29) is 29.7 Å². The number of nitrogens with zero attached hydrogens (tertiary/aromatic N) is 6. The van der Waals surface area contributed by atoms with E-state index in [1.807, 2.05) is 17.9 Å². The van der Waals surface area contributed by atoms with Crippen LogP contribution in [0.1, 0.15) is 43.2 Å². The second-order valence-electron chi connectivity index (χ2n) is 9.58. The van der Waals surface area contributed by atoms with Gasteiger partial charge in [-0.2, -0.15) is 10.4 Å². The number of aromatic amines is 1. The molecule has 2 aromatic heterocycles. The Hall–Kier alpha value is -3.45. The Bertz CT molecular complexity index is 1150. The molecule has 5 heterocycles. The molecule has 10 heteroatoms. The van der Waals surface area contributed by atoms with Gasteiger partial charge in [0.2, 0.25) is 5.91 Å². The van der Waals surface area contributed by atoms with Crippen molar-refractivity contribution in [3.05, 3.63) is 46.0 Å². The normalized spacial score (nSPS) is 24.6. The van der Waals surface area contributed by atoms with Gasteiger partial charge in [0, 0.05) is 44.5 Å². The SMILES string of the molecule is Cc1c(N2CCC[C@H]2[C@H]2CC[C@H](CC(=O)N3CCN(c4ccc(C#N)cn4)CC3)O2)cn[nH]c1=O. The molecule has 0 spiro atoms. The van der Waals surface area contributed by atoms with Gasteiger partial charge >= 0.3 is 0 Å². The summed E-state index contributed by atoms with van der Waals surface area (Å²) in [6.45, 7) is 5.47. The van der Waals surface area contributed by atoms with Gasteiger partial charge in [0.05, 0.1) is 42.1 Å². The van der Waals surface area contributed by atoms with Crippen LogP contribution < -0.4 is 15.4 Å². The summed E-state index contributed by atoms with van der Waals surface area (Å²) < 4.78 is 6.40. The van der Waals surface area contributed by atoms with Gasteiger partial charge in [-0.25, -0.2) is 10.1 Å². The first-order valence-electron chi connectivity index (χ1n) is 12.4. The number of pyridine rings is 1. The minimum Gasteiger partial charge on any atom is -0.372 e. The predicted molar refractivity (Wildman–Crippen MR) is 130 cm³/mol. The summed E-state index contributed by atoms with van der Waals surface area (Å²) >= 11 is 0. The number of nitrogens with one attached hydrogen (secondary N) is 1. The number of carbonyl (C=O) groups excluding carboxylic acids is 1. The quantitative estimate of drug-likeness (QED) is 0.690. The van der Waals surface area contributed by atoms with E-state index in [9.17, 15) is 9.59 Å². The number of rotatable bonds is 5. The van der Waals surface area contributed by atoms with Gasteiger partial charge in [-0.1, -0.05) is 0 Å². The molecule has 5 rings (SSSR count). The molecule has 3 fully saturated rings. The zero-order valence-corrected chi connectivity index (χ0v) is 20.0. The van der Waals surface area contributed by atoms with Crippen LogP contribution in [0.15, 0.2) is 29.3 Å². The summed E-state index contributed by atoms with van der Waals surface area (Å²) in [6, 6.07) is 5.92. The van der Waals surface area contributed by atoms with Crippen molar-refractivity contribution in [2.45, 2.75) is 57.3 Å². The van der Waals surface area contributed by atoms with E-state index >= 15 is 0 Å². The van der Waals surface area contributed by atoms with Crippen molar-refractivity contribution in [1.29, 1.82) is 5.26 Å². The Morgan fingerprint density at radius 3 is 2.74 bits per heavy atom. The van der Waals surface area contributed by atoms with Crippen molar-refractivity contribution >= 4 is 17.4 Å². The molecule has 0 saturated carbocycles. The summed E-state index contributed by atoms with van der Waals surface area (Å²) in [4.78, 5) is 35.7. The zero-order valence-electron chi connectivity index (χ0n) is 20.0. The summed E-state index contributed by atoms with van der Waals surface area (Å²) in [5.41, 5.74) is 1.96. The zero-order chi connectivity index (χ0) is 24.4. The maximum Gasteiger partial charge on any atom is 0.269 e. The van der Waals surface area contributed by atoms with Crippen molar-refractivity contribution in [2.75, 3.05) is 42.5 Å². The minimum absolute atomic E-state index is 0.0632. The topological polar surface area (TPSA) is 118 Å². The first-order chi connectivity index (χ1) is 17.0. The maximum absolute atomic E-state index is 13.0. The minimum atomic E-state index is -0.154. The van der Waals surface area contributed by atoms with E-state index in [0.717, 1.165) is 56.8 Å². The second-order valence-corrected chi connectivity index (χ2v) is 9.58. The van der Waals surface area contributed by atoms with Gasteiger partial charge in [-0.15, -0.1) is 0 Å². The van der Waals surface area contributed by atoms with Crippen LogP contribution in [0.3, 0.4) is 0 Å². The molecule has 0 bridgehead atoms. The lowest BCUT2D eigenvalue weighted by molar-refractivity contribution is -0.134. The van der Waals surface area contributed by atoms with Gasteiger partial charge in [0.1, 0.15) is 11.9 Å². The summed E-state index contributed by atoms with van der Waals surface area (Å²) in [5, 5.41) is 15.4. The number of hydrogen-bond donors (Lipinski definition) is 1. The molecule has 0 unspecified atom stereocenters. The van der Waals surface area contributed by atoms with Crippen LogP contribution in [-0.2, 0) is 9.53 Å². The Balaban J connectivity index is 1.13. The van der Waals surface area contributed by atoms with Crippen molar-refractivity contribution in [2.24, 2.45) is 0 Å². The summed E-state index contributed by atoms with van der Waals surface area (Å²) in [6.07, 6.45) is 7.60. The molecule has 3 saturated heterocycles. The van der Waals surface area contributed by atoms with Crippen LogP contribution in [0.5, 0.6) is 0 Å². The molecule has 184 valence electrons. The van der Waals surface area contributed by atoms with Gasteiger partial charge in [-0.3, -0.25) is 9.59 Å². The highest BCUT2D eigenvalue weighted by molar-refractivity contribution is 5.77. The smallest absolute Gasteiger partial charge is 0.269 e. The molecule has 35 heavy (non-hydrogen) atoms. The monoisotopic (exact) mass is 477 g/mol. The van der Waals surface area contributed by atoms with Crippen molar-refractivity contribution in [3.8, 4) is 6.07 Å². The lowest BCUT2D eigenvalue weighted by atomic mass is 10.0. The van der Waals surface area contributed by atoms with Crippen LogP contribution in [0, 0.1) is 18.3 Å². The molecule has 3 aliphatic heterocycles. The van der Waals surface area contributed by atoms with Crippen LogP contribution in [0.2, 0.25) is 0 Å². The van der Waals surface area contributed by atoms with Gasteiger partial charge in [0.15, 0.2) is 0 Å². The number of anilines is 2. The third-order valence-electron chi connectivity index (χ3n) is 7.49. The largest absolute Gasteiger partial charge is 0.372 e. The molecule has 10 nitrogen and oxygen atoms in total. The van der Waals surface area contributed by atoms with Crippen LogP contribution in [0.25, 0.3) is 0 Å². The van der Waals surface area contributed by atoms with E-state index in [1.165, 1.54) is 0 Å². The molecule has 3 aliphatic rings. The predicted octanol–water partition coefficient (Wildman–Crippen LogP) is 1.60. The highest BCUT2D eigenvalue weighted by atomic mass is 16.5. The fraction of sp³-hybridized carbons (Fsp3) is 0.560. The fourth-order valence-corrected chi connectivity index (χ4v) is 5.53. The molecule has 1 amide bonds.